The van der Waals surface area contributed by atoms with Gasteiger partial charge in [-0.2, -0.15) is 5.10 Å². The van der Waals surface area contributed by atoms with Crippen LogP contribution < -0.4 is 5.32 Å². The van der Waals surface area contributed by atoms with Crippen molar-refractivity contribution in [3.8, 4) is 0 Å². The summed E-state index contributed by atoms with van der Waals surface area (Å²) in [6.07, 6.45) is 4.26. The molecule has 1 atom stereocenters. The van der Waals surface area contributed by atoms with Gasteiger partial charge in [-0.3, -0.25) is 9.69 Å². The van der Waals surface area contributed by atoms with Crippen LogP contribution in [0.25, 0.3) is 0 Å². The molecule has 2 saturated heterocycles. The third-order valence-corrected chi connectivity index (χ3v) is 5.17. The summed E-state index contributed by atoms with van der Waals surface area (Å²) < 4.78 is 1.75. The number of nitrogens with one attached hydrogen (secondary N) is 1. The Morgan fingerprint density at radius 3 is 2.77 bits per heavy atom. The lowest BCUT2D eigenvalue weighted by Crippen LogP contribution is -2.49. The van der Waals surface area contributed by atoms with Crippen LogP contribution in [0.15, 0.2) is 36.9 Å². The predicted octanol–water partition coefficient (Wildman–Crippen LogP) is 0.868. The third kappa shape index (κ3) is 4.06. The first kappa shape index (κ1) is 18.8. The molecule has 26 heavy (non-hydrogen) atoms. The summed E-state index contributed by atoms with van der Waals surface area (Å²) in [5, 5.41) is 7.54. The Hall–Kier alpha value is -1.96. The molecule has 1 aromatic carbocycles. The maximum absolute atomic E-state index is 13.1. The Balaban J connectivity index is 0.00000196. The zero-order chi connectivity index (χ0) is 17.1. The van der Waals surface area contributed by atoms with Gasteiger partial charge in [0.15, 0.2) is 0 Å². The van der Waals surface area contributed by atoms with Crippen LogP contribution in [0.4, 0.5) is 0 Å². The van der Waals surface area contributed by atoms with Crippen molar-refractivity contribution in [1.29, 1.82) is 0 Å². The largest absolute Gasteiger partial charge is 0.337 e. The van der Waals surface area contributed by atoms with Gasteiger partial charge in [0, 0.05) is 50.9 Å². The molecule has 0 saturated carbocycles. The molecule has 0 aliphatic carbocycles. The van der Waals surface area contributed by atoms with Gasteiger partial charge >= 0.3 is 0 Å². The predicted molar refractivity (Wildman–Crippen MR) is 102 cm³/mol. The Labute approximate surface area is 159 Å². The molecule has 2 aliphatic rings. The van der Waals surface area contributed by atoms with E-state index in [1.54, 1.807) is 11.0 Å². The summed E-state index contributed by atoms with van der Waals surface area (Å²) in [6, 6.07) is 8.32. The Bertz CT molecular complexity index is 716. The molecule has 0 bridgehead atoms. The van der Waals surface area contributed by atoms with Gasteiger partial charge in [0.05, 0.1) is 6.54 Å². The van der Waals surface area contributed by atoms with Crippen LogP contribution in [0.1, 0.15) is 22.3 Å². The highest BCUT2D eigenvalue weighted by molar-refractivity contribution is 5.95. The van der Waals surface area contributed by atoms with E-state index in [1.807, 2.05) is 29.2 Å². The van der Waals surface area contributed by atoms with Crippen LogP contribution in [0.3, 0.4) is 0 Å². The Morgan fingerprint density at radius 2 is 2.00 bits per heavy atom. The lowest BCUT2D eigenvalue weighted by atomic mass is 10.1. The second-order valence-corrected chi connectivity index (χ2v) is 6.73. The summed E-state index contributed by atoms with van der Waals surface area (Å²) in [5.74, 6) is 0.133. The van der Waals surface area contributed by atoms with Crippen molar-refractivity contribution in [3.05, 3.63) is 48.0 Å². The van der Waals surface area contributed by atoms with Crippen LogP contribution >= 0.6 is 12.4 Å². The minimum atomic E-state index is 0. The molecule has 8 heteroatoms. The molecule has 1 N–H and O–H groups in total. The van der Waals surface area contributed by atoms with Gasteiger partial charge in [0.2, 0.25) is 0 Å². The monoisotopic (exact) mass is 376 g/mol. The lowest BCUT2D eigenvalue weighted by molar-refractivity contribution is 0.0772. The van der Waals surface area contributed by atoms with E-state index >= 15 is 0 Å². The van der Waals surface area contributed by atoms with Crippen molar-refractivity contribution in [1.82, 2.24) is 29.9 Å². The zero-order valence-electron chi connectivity index (χ0n) is 14.8. The summed E-state index contributed by atoms with van der Waals surface area (Å²) in [7, 11) is 0. The van der Waals surface area contributed by atoms with Gasteiger partial charge in [-0.05, 0) is 18.1 Å². The number of hydrogen-bond donors (Lipinski definition) is 1. The smallest absolute Gasteiger partial charge is 0.254 e. The first-order valence-corrected chi connectivity index (χ1v) is 8.95. The van der Waals surface area contributed by atoms with Gasteiger partial charge in [-0.25, -0.2) is 9.67 Å². The van der Waals surface area contributed by atoms with Crippen molar-refractivity contribution in [2.75, 3.05) is 39.3 Å². The number of likely N-dealkylation sites (tertiary alicyclic amines) is 1. The van der Waals surface area contributed by atoms with Gasteiger partial charge in [-0.15, -0.1) is 12.4 Å². The lowest BCUT2D eigenvalue weighted by Gasteiger charge is -2.32. The summed E-state index contributed by atoms with van der Waals surface area (Å²) in [6.45, 7) is 6.49. The topological polar surface area (TPSA) is 66.3 Å². The Morgan fingerprint density at radius 1 is 1.19 bits per heavy atom. The van der Waals surface area contributed by atoms with Crippen LogP contribution in [0, 0.1) is 0 Å². The highest BCUT2D eigenvalue weighted by Crippen LogP contribution is 2.20. The van der Waals surface area contributed by atoms with Gasteiger partial charge in [-0.1, -0.05) is 18.2 Å². The molecule has 2 fully saturated rings. The summed E-state index contributed by atoms with van der Waals surface area (Å²) >= 11 is 0. The van der Waals surface area contributed by atoms with Crippen LogP contribution in [0.5, 0.6) is 0 Å². The van der Waals surface area contributed by atoms with Crippen LogP contribution in [0.2, 0.25) is 0 Å². The number of carbonyl (C=O) groups excluding carboxylic acids is 1. The van der Waals surface area contributed by atoms with E-state index in [9.17, 15) is 4.79 Å². The maximum atomic E-state index is 13.1. The minimum Gasteiger partial charge on any atom is -0.337 e. The van der Waals surface area contributed by atoms with E-state index in [-0.39, 0.29) is 18.3 Å². The quantitative estimate of drug-likeness (QED) is 0.857. The first-order chi connectivity index (χ1) is 12.3. The molecule has 1 unspecified atom stereocenters. The average Bonchev–Trinajstić information content (AvgIpc) is 3.34. The number of carbonyl (C=O) groups is 1. The minimum absolute atomic E-state index is 0. The highest BCUT2D eigenvalue weighted by Gasteiger charge is 2.31. The van der Waals surface area contributed by atoms with E-state index in [0.29, 0.717) is 12.6 Å². The number of rotatable bonds is 4. The van der Waals surface area contributed by atoms with Gasteiger partial charge < -0.3 is 10.2 Å². The van der Waals surface area contributed by atoms with Gasteiger partial charge in [0.25, 0.3) is 5.91 Å². The first-order valence-electron chi connectivity index (χ1n) is 8.95. The van der Waals surface area contributed by atoms with Crippen molar-refractivity contribution >= 4 is 18.3 Å². The molecule has 0 radical (unpaired) electrons. The molecule has 7 nitrogen and oxygen atoms in total. The SMILES string of the molecule is Cl.O=C(c1ccccc1Cn1cncn1)N1CCC(N2CCNCC2)C1. The maximum Gasteiger partial charge on any atom is 0.254 e. The molecule has 4 rings (SSSR count). The van der Waals surface area contributed by atoms with E-state index in [1.165, 1.54) is 6.33 Å². The highest BCUT2D eigenvalue weighted by atomic mass is 35.5. The number of amides is 1. The molecule has 0 spiro atoms. The van der Waals surface area contributed by atoms with E-state index in [0.717, 1.165) is 56.8 Å². The molecule has 1 aromatic heterocycles. The van der Waals surface area contributed by atoms with Crippen molar-refractivity contribution in [2.24, 2.45) is 0 Å². The normalized spacial score (nSPS) is 20.8. The fourth-order valence-electron chi connectivity index (χ4n) is 3.80. The second kappa shape index (κ2) is 8.62. The fourth-order valence-corrected chi connectivity index (χ4v) is 3.80. The molecule has 1 amide bonds. The van der Waals surface area contributed by atoms with Gasteiger partial charge in [0.1, 0.15) is 12.7 Å². The molecule has 2 aromatic rings. The Kier molecular flexibility index (Phi) is 6.24. The molecule has 140 valence electrons. The number of hydrogen-bond acceptors (Lipinski definition) is 5. The number of halogens is 1. The van der Waals surface area contributed by atoms with E-state index in [4.69, 9.17) is 0 Å². The standard InChI is InChI=1S/C18H24N6O.ClH/c25-18(23-8-5-16(12-23)22-9-6-19-7-10-22)17-4-2-1-3-15(17)11-24-14-20-13-21-24;/h1-4,13-14,16,19H,5-12H2;1H. The fraction of sp³-hybridized carbons (Fsp3) is 0.500. The van der Waals surface area contributed by atoms with Crippen molar-refractivity contribution in [2.45, 2.75) is 19.0 Å². The van der Waals surface area contributed by atoms with Crippen molar-refractivity contribution < 1.29 is 4.79 Å². The van der Waals surface area contributed by atoms with E-state index < -0.39 is 0 Å². The average molecular weight is 377 g/mol. The summed E-state index contributed by atoms with van der Waals surface area (Å²) in [4.78, 5) is 21.6. The van der Waals surface area contributed by atoms with E-state index in [2.05, 4.69) is 20.3 Å². The number of benzene rings is 1. The molecular weight excluding hydrogens is 352 g/mol. The summed E-state index contributed by atoms with van der Waals surface area (Å²) in [5.41, 5.74) is 1.77. The molecule has 2 aliphatic heterocycles. The second-order valence-electron chi connectivity index (χ2n) is 6.73. The third-order valence-electron chi connectivity index (χ3n) is 5.17. The van der Waals surface area contributed by atoms with Crippen molar-refractivity contribution in [3.63, 3.8) is 0 Å². The van der Waals surface area contributed by atoms with Crippen LogP contribution in [-0.2, 0) is 6.54 Å². The number of nitrogens with zero attached hydrogens (tertiary/aromatic N) is 5. The molecule has 3 heterocycles. The molecular formula is C18H25ClN6O. The number of piperazine rings is 1. The zero-order valence-corrected chi connectivity index (χ0v) is 15.6. The number of aromatic nitrogens is 3. The van der Waals surface area contributed by atoms with Crippen LogP contribution in [-0.4, -0.2) is 75.8 Å².